The van der Waals surface area contributed by atoms with Crippen molar-refractivity contribution in [2.75, 3.05) is 26.2 Å². The van der Waals surface area contributed by atoms with Gasteiger partial charge in [-0.15, -0.1) is 0 Å². The van der Waals surface area contributed by atoms with E-state index in [0.29, 0.717) is 12.3 Å². The van der Waals surface area contributed by atoms with E-state index >= 15 is 0 Å². The van der Waals surface area contributed by atoms with Gasteiger partial charge in [-0.1, -0.05) is 25.1 Å². The molecule has 0 radical (unpaired) electrons. The van der Waals surface area contributed by atoms with Gasteiger partial charge in [0.25, 0.3) is 5.91 Å². The van der Waals surface area contributed by atoms with Crippen LogP contribution in [-0.4, -0.2) is 37.0 Å². The predicted octanol–water partition coefficient (Wildman–Crippen LogP) is 3.56. The third kappa shape index (κ3) is 5.11. The van der Waals surface area contributed by atoms with Crippen LogP contribution >= 0.6 is 0 Å². The Morgan fingerprint density at radius 3 is 2.62 bits per heavy atom. The fraction of sp³-hybridized carbons (Fsp3) is 0.476. The van der Waals surface area contributed by atoms with Gasteiger partial charge in [-0.25, -0.2) is 0 Å². The SMILES string of the molecule is Cc1ccc([C@H](CNC(=O)COc2ccccc2)N2CCC(C)CC2)o1. The summed E-state index contributed by atoms with van der Waals surface area (Å²) in [5.74, 6) is 3.16. The number of carbonyl (C=O) groups excluding carboxylic acids is 1. The van der Waals surface area contributed by atoms with E-state index in [1.807, 2.05) is 49.4 Å². The number of nitrogens with one attached hydrogen (secondary N) is 1. The number of amides is 1. The average molecular weight is 356 g/mol. The standard InChI is InChI=1S/C21H28N2O3/c1-16-10-12-23(13-11-16)19(20-9-8-17(2)26-20)14-22-21(24)15-25-18-6-4-3-5-7-18/h3-9,16,19H,10-15H2,1-2H3,(H,22,24)/t19-/m0/s1. The zero-order valence-corrected chi connectivity index (χ0v) is 15.6. The molecule has 1 aliphatic heterocycles. The van der Waals surface area contributed by atoms with Crippen LogP contribution in [0.1, 0.15) is 37.3 Å². The molecule has 26 heavy (non-hydrogen) atoms. The van der Waals surface area contributed by atoms with Crippen LogP contribution in [0.4, 0.5) is 0 Å². The highest BCUT2D eigenvalue weighted by atomic mass is 16.5. The van der Waals surface area contributed by atoms with E-state index in [9.17, 15) is 4.79 Å². The second-order valence-electron chi connectivity index (χ2n) is 7.09. The predicted molar refractivity (Wildman–Crippen MR) is 101 cm³/mol. The molecule has 140 valence electrons. The van der Waals surface area contributed by atoms with E-state index in [1.165, 1.54) is 12.8 Å². The Morgan fingerprint density at radius 2 is 1.96 bits per heavy atom. The molecular weight excluding hydrogens is 328 g/mol. The molecule has 2 heterocycles. The number of piperidine rings is 1. The first-order valence-electron chi connectivity index (χ1n) is 9.37. The van der Waals surface area contributed by atoms with Crippen molar-refractivity contribution in [3.63, 3.8) is 0 Å². The molecule has 5 nitrogen and oxygen atoms in total. The summed E-state index contributed by atoms with van der Waals surface area (Å²) < 4.78 is 11.4. The third-order valence-corrected chi connectivity index (χ3v) is 4.95. The van der Waals surface area contributed by atoms with E-state index in [0.717, 1.165) is 30.5 Å². The second-order valence-corrected chi connectivity index (χ2v) is 7.09. The van der Waals surface area contributed by atoms with Gasteiger partial charge in [0.05, 0.1) is 6.04 Å². The third-order valence-electron chi connectivity index (χ3n) is 4.95. The van der Waals surface area contributed by atoms with Crippen LogP contribution in [0.2, 0.25) is 0 Å². The van der Waals surface area contributed by atoms with Gasteiger partial charge >= 0.3 is 0 Å². The summed E-state index contributed by atoms with van der Waals surface area (Å²) in [6.45, 7) is 6.85. The molecule has 1 aromatic carbocycles. The van der Waals surface area contributed by atoms with Crippen molar-refractivity contribution in [2.45, 2.75) is 32.7 Å². The molecule has 5 heteroatoms. The summed E-state index contributed by atoms with van der Waals surface area (Å²) in [5.41, 5.74) is 0. The van der Waals surface area contributed by atoms with E-state index in [4.69, 9.17) is 9.15 Å². The monoisotopic (exact) mass is 356 g/mol. The van der Waals surface area contributed by atoms with E-state index in [-0.39, 0.29) is 18.6 Å². The zero-order valence-electron chi connectivity index (χ0n) is 15.6. The van der Waals surface area contributed by atoms with Gasteiger partial charge in [0.2, 0.25) is 0 Å². The average Bonchev–Trinajstić information content (AvgIpc) is 3.08. The number of nitrogens with zero attached hydrogens (tertiary/aromatic N) is 1. The Labute approximate surface area is 155 Å². The number of likely N-dealkylation sites (tertiary alicyclic amines) is 1. The molecule has 2 aromatic rings. The molecule has 1 N–H and O–H groups in total. The molecule has 0 unspecified atom stereocenters. The van der Waals surface area contributed by atoms with Crippen molar-refractivity contribution in [3.05, 3.63) is 54.0 Å². The number of para-hydroxylation sites is 1. The van der Waals surface area contributed by atoms with Gasteiger partial charge in [0.15, 0.2) is 6.61 Å². The molecule has 1 atom stereocenters. The van der Waals surface area contributed by atoms with Crippen LogP contribution in [0.25, 0.3) is 0 Å². The maximum absolute atomic E-state index is 12.2. The summed E-state index contributed by atoms with van der Waals surface area (Å²) in [4.78, 5) is 14.6. The Kier molecular flexibility index (Phi) is 6.34. The highest BCUT2D eigenvalue weighted by Crippen LogP contribution is 2.27. The molecule has 3 rings (SSSR count). The van der Waals surface area contributed by atoms with Crippen molar-refractivity contribution >= 4 is 5.91 Å². The summed E-state index contributed by atoms with van der Waals surface area (Å²) in [6.07, 6.45) is 2.36. The molecule has 0 bridgehead atoms. The molecule has 0 saturated carbocycles. The molecule has 0 spiro atoms. The normalized spacial score (nSPS) is 17.0. The number of hydrogen-bond acceptors (Lipinski definition) is 4. The summed E-state index contributed by atoms with van der Waals surface area (Å²) in [5, 5.41) is 3.00. The Balaban J connectivity index is 1.56. The molecule has 1 aromatic heterocycles. The first-order valence-corrected chi connectivity index (χ1v) is 9.37. The Bertz CT molecular complexity index is 690. The lowest BCUT2D eigenvalue weighted by molar-refractivity contribution is -0.123. The minimum absolute atomic E-state index is 0.0188. The minimum Gasteiger partial charge on any atom is -0.484 e. The summed E-state index contributed by atoms with van der Waals surface area (Å²) >= 11 is 0. The van der Waals surface area contributed by atoms with Gasteiger partial charge in [0, 0.05) is 6.54 Å². The van der Waals surface area contributed by atoms with Crippen molar-refractivity contribution in [2.24, 2.45) is 5.92 Å². The van der Waals surface area contributed by atoms with Gasteiger partial charge in [-0.2, -0.15) is 0 Å². The van der Waals surface area contributed by atoms with Crippen LogP contribution in [0.3, 0.4) is 0 Å². The van der Waals surface area contributed by atoms with Crippen molar-refractivity contribution in [3.8, 4) is 5.75 Å². The van der Waals surface area contributed by atoms with Crippen LogP contribution in [0.15, 0.2) is 46.9 Å². The van der Waals surface area contributed by atoms with Gasteiger partial charge in [0.1, 0.15) is 17.3 Å². The van der Waals surface area contributed by atoms with E-state index in [1.54, 1.807) is 0 Å². The lowest BCUT2D eigenvalue weighted by Crippen LogP contribution is -2.42. The zero-order chi connectivity index (χ0) is 18.4. The number of hydrogen-bond donors (Lipinski definition) is 1. The Hall–Kier alpha value is -2.27. The fourth-order valence-electron chi connectivity index (χ4n) is 3.31. The Morgan fingerprint density at radius 1 is 1.23 bits per heavy atom. The van der Waals surface area contributed by atoms with Crippen molar-refractivity contribution in [1.29, 1.82) is 0 Å². The van der Waals surface area contributed by atoms with Crippen LogP contribution < -0.4 is 10.1 Å². The molecule has 1 amide bonds. The maximum atomic E-state index is 12.2. The fourth-order valence-corrected chi connectivity index (χ4v) is 3.31. The molecule has 1 aliphatic rings. The molecule has 0 aliphatic carbocycles. The number of benzene rings is 1. The number of rotatable bonds is 7. The largest absolute Gasteiger partial charge is 0.484 e. The first kappa shape index (κ1) is 18.5. The molecular formula is C21H28N2O3. The van der Waals surface area contributed by atoms with Crippen molar-refractivity contribution < 1.29 is 13.9 Å². The van der Waals surface area contributed by atoms with Crippen LogP contribution in [0.5, 0.6) is 5.75 Å². The minimum atomic E-state index is -0.118. The number of carbonyl (C=O) groups is 1. The quantitative estimate of drug-likeness (QED) is 0.824. The highest BCUT2D eigenvalue weighted by molar-refractivity contribution is 5.77. The van der Waals surface area contributed by atoms with E-state index in [2.05, 4.69) is 17.1 Å². The van der Waals surface area contributed by atoms with Gasteiger partial charge in [-0.3, -0.25) is 9.69 Å². The maximum Gasteiger partial charge on any atom is 0.258 e. The lowest BCUT2D eigenvalue weighted by Gasteiger charge is -2.35. The molecule has 1 fully saturated rings. The summed E-state index contributed by atoms with van der Waals surface area (Å²) in [6, 6.07) is 13.5. The second kappa shape index (κ2) is 8.90. The smallest absolute Gasteiger partial charge is 0.258 e. The number of aryl methyl sites for hydroxylation is 1. The highest BCUT2D eigenvalue weighted by Gasteiger charge is 2.27. The molecule has 1 saturated heterocycles. The van der Waals surface area contributed by atoms with Gasteiger partial charge < -0.3 is 14.5 Å². The van der Waals surface area contributed by atoms with Crippen LogP contribution in [-0.2, 0) is 4.79 Å². The summed E-state index contributed by atoms with van der Waals surface area (Å²) in [7, 11) is 0. The van der Waals surface area contributed by atoms with Gasteiger partial charge in [-0.05, 0) is 63.0 Å². The van der Waals surface area contributed by atoms with Crippen molar-refractivity contribution in [1.82, 2.24) is 10.2 Å². The first-order chi connectivity index (χ1) is 12.6. The topological polar surface area (TPSA) is 54.7 Å². The van der Waals surface area contributed by atoms with E-state index < -0.39 is 0 Å². The lowest BCUT2D eigenvalue weighted by atomic mass is 9.97. The number of furan rings is 1. The number of ether oxygens (including phenoxy) is 1. The van der Waals surface area contributed by atoms with Crippen LogP contribution in [0, 0.1) is 12.8 Å².